The molecule has 0 fully saturated rings. The van der Waals surface area contributed by atoms with Gasteiger partial charge in [0.25, 0.3) is 5.91 Å². The van der Waals surface area contributed by atoms with Crippen LogP contribution in [0, 0.1) is 6.92 Å². The quantitative estimate of drug-likeness (QED) is 0.676. The Morgan fingerprint density at radius 1 is 1.18 bits per heavy atom. The molecule has 0 aliphatic rings. The van der Waals surface area contributed by atoms with Gasteiger partial charge in [-0.3, -0.25) is 4.79 Å². The molecule has 0 unspecified atom stereocenters. The largest absolute Gasteiger partial charge is 0.494 e. The number of nitrogens with zero attached hydrogens (tertiary/aromatic N) is 4. The Kier molecular flexibility index (Phi) is 5.88. The van der Waals surface area contributed by atoms with Crippen molar-refractivity contribution in [1.29, 1.82) is 0 Å². The number of benzene rings is 2. The van der Waals surface area contributed by atoms with Crippen LogP contribution in [0.3, 0.4) is 0 Å². The van der Waals surface area contributed by atoms with Crippen molar-refractivity contribution in [3.8, 4) is 17.2 Å². The zero-order valence-electron chi connectivity index (χ0n) is 16.3. The number of aryl methyl sites for hydroxylation is 1. The molecule has 1 N–H and O–H groups in total. The Bertz CT molecular complexity index is 951. The van der Waals surface area contributed by atoms with E-state index in [-0.39, 0.29) is 12.5 Å². The molecule has 2 aromatic carbocycles. The molecule has 0 atom stereocenters. The maximum Gasteiger partial charge on any atom is 0.262 e. The fraction of sp³-hybridized carbons (Fsp3) is 0.300. The van der Waals surface area contributed by atoms with Gasteiger partial charge in [-0.2, -0.15) is 4.68 Å². The normalized spacial score (nSPS) is 10.8. The molecule has 0 spiro atoms. The van der Waals surface area contributed by atoms with Crippen molar-refractivity contribution < 1.29 is 14.3 Å². The van der Waals surface area contributed by atoms with Gasteiger partial charge in [0.05, 0.1) is 7.11 Å². The van der Waals surface area contributed by atoms with Crippen molar-refractivity contribution in [2.24, 2.45) is 0 Å². The summed E-state index contributed by atoms with van der Waals surface area (Å²) in [4.78, 5) is 12.3. The Hall–Kier alpha value is -3.42. The van der Waals surface area contributed by atoms with Crippen LogP contribution in [0.5, 0.6) is 11.5 Å². The summed E-state index contributed by atoms with van der Waals surface area (Å²) in [6.07, 6.45) is 0. The van der Waals surface area contributed by atoms with E-state index in [9.17, 15) is 4.79 Å². The van der Waals surface area contributed by atoms with Crippen LogP contribution in [0.15, 0.2) is 42.5 Å². The first kappa shape index (κ1) is 19.3. The van der Waals surface area contributed by atoms with Crippen LogP contribution in [0.4, 0.5) is 5.69 Å². The van der Waals surface area contributed by atoms with E-state index in [0.717, 1.165) is 0 Å². The van der Waals surface area contributed by atoms with Crippen molar-refractivity contribution in [1.82, 2.24) is 20.2 Å². The fourth-order valence-electron chi connectivity index (χ4n) is 2.68. The summed E-state index contributed by atoms with van der Waals surface area (Å²) in [5.41, 5.74) is 2.45. The first-order valence-corrected chi connectivity index (χ1v) is 8.94. The molecule has 28 heavy (non-hydrogen) atoms. The lowest BCUT2D eigenvalue weighted by Crippen LogP contribution is -2.20. The standard InChI is InChI=1S/C20H23N5O3/c1-13(2)15-5-8-17(9-6-15)28-12-20(26)21-16-7-10-19(27-4)18(11-16)25-14(3)22-23-24-25/h5-11,13H,12H2,1-4H3,(H,21,26). The molecule has 146 valence electrons. The van der Waals surface area contributed by atoms with Gasteiger partial charge in [-0.15, -0.1) is 5.10 Å². The predicted molar refractivity (Wildman–Crippen MR) is 105 cm³/mol. The molecule has 0 saturated heterocycles. The zero-order chi connectivity index (χ0) is 20.1. The fourth-order valence-corrected chi connectivity index (χ4v) is 2.68. The molecule has 0 saturated carbocycles. The molecule has 1 aromatic heterocycles. The number of hydrogen-bond donors (Lipinski definition) is 1. The van der Waals surface area contributed by atoms with Crippen LogP contribution in [-0.4, -0.2) is 39.8 Å². The van der Waals surface area contributed by atoms with Crippen molar-refractivity contribution in [3.05, 3.63) is 53.9 Å². The van der Waals surface area contributed by atoms with E-state index in [4.69, 9.17) is 9.47 Å². The van der Waals surface area contributed by atoms with E-state index in [2.05, 4.69) is 34.7 Å². The maximum atomic E-state index is 12.3. The SMILES string of the molecule is COc1ccc(NC(=O)COc2ccc(C(C)C)cc2)cc1-n1nnnc1C. The molecular weight excluding hydrogens is 358 g/mol. The van der Waals surface area contributed by atoms with E-state index in [1.54, 1.807) is 36.9 Å². The molecule has 3 rings (SSSR count). The van der Waals surface area contributed by atoms with Crippen molar-refractivity contribution in [3.63, 3.8) is 0 Å². The van der Waals surface area contributed by atoms with Gasteiger partial charge in [-0.25, -0.2) is 0 Å². The molecule has 0 radical (unpaired) electrons. The minimum Gasteiger partial charge on any atom is -0.494 e. The van der Waals surface area contributed by atoms with Crippen LogP contribution >= 0.6 is 0 Å². The molecular formula is C20H23N5O3. The number of carbonyl (C=O) groups excluding carboxylic acids is 1. The Morgan fingerprint density at radius 2 is 1.93 bits per heavy atom. The second-order valence-electron chi connectivity index (χ2n) is 6.59. The summed E-state index contributed by atoms with van der Waals surface area (Å²) in [5, 5.41) is 14.3. The molecule has 0 aliphatic heterocycles. The third-order valence-electron chi connectivity index (χ3n) is 4.23. The average Bonchev–Trinajstić information content (AvgIpc) is 3.12. The molecule has 1 heterocycles. The first-order chi connectivity index (χ1) is 13.5. The first-order valence-electron chi connectivity index (χ1n) is 8.94. The van der Waals surface area contributed by atoms with Crippen LogP contribution in [0.2, 0.25) is 0 Å². The lowest BCUT2D eigenvalue weighted by Gasteiger charge is -2.12. The summed E-state index contributed by atoms with van der Waals surface area (Å²) in [6, 6.07) is 13.0. The number of carbonyl (C=O) groups is 1. The van der Waals surface area contributed by atoms with Gasteiger partial charge < -0.3 is 14.8 Å². The van der Waals surface area contributed by atoms with Gasteiger partial charge >= 0.3 is 0 Å². The molecule has 0 bridgehead atoms. The van der Waals surface area contributed by atoms with E-state index in [1.165, 1.54) is 5.56 Å². The number of aromatic nitrogens is 4. The number of amides is 1. The number of rotatable bonds is 7. The number of anilines is 1. The van der Waals surface area contributed by atoms with Gasteiger partial charge in [0.1, 0.15) is 17.2 Å². The van der Waals surface area contributed by atoms with Gasteiger partial charge in [0.15, 0.2) is 12.4 Å². The lowest BCUT2D eigenvalue weighted by molar-refractivity contribution is -0.118. The summed E-state index contributed by atoms with van der Waals surface area (Å²) >= 11 is 0. The van der Waals surface area contributed by atoms with Gasteiger partial charge in [-0.1, -0.05) is 26.0 Å². The number of hydrogen-bond acceptors (Lipinski definition) is 6. The number of nitrogens with one attached hydrogen (secondary N) is 1. The third-order valence-corrected chi connectivity index (χ3v) is 4.23. The van der Waals surface area contributed by atoms with E-state index in [1.807, 2.05) is 24.3 Å². The second kappa shape index (κ2) is 8.51. The summed E-state index contributed by atoms with van der Waals surface area (Å²) < 4.78 is 12.5. The topological polar surface area (TPSA) is 91.2 Å². The maximum absolute atomic E-state index is 12.3. The Labute approximate surface area is 163 Å². The zero-order valence-corrected chi connectivity index (χ0v) is 16.3. The van der Waals surface area contributed by atoms with Crippen LogP contribution in [0.25, 0.3) is 5.69 Å². The third kappa shape index (κ3) is 4.46. The number of ether oxygens (including phenoxy) is 2. The Balaban J connectivity index is 1.66. The van der Waals surface area contributed by atoms with E-state index in [0.29, 0.717) is 34.6 Å². The molecule has 8 nitrogen and oxygen atoms in total. The number of tetrazole rings is 1. The van der Waals surface area contributed by atoms with Crippen LogP contribution in [0.1, 0.15) is 31.2 Å². The molecule has 8 heteroatoms. The lowest BCUT2D eigenvalue weighted by atomic mass is 10.0. The predicted octanol–water partition coefficient (Wildman–Crippen LogP) is 3.12. The van der Waals surface area contributed by atoms with Crippen molar-refractivity contribution >= 4 is 11.6 Å². The minimum absolute atomic E-state index is 0.0910. The smallest absolute Gasteiger partial charge is 0.262 e. The van der Waals surface area contributed by atoms with E-state index >= 15 is 0 Å². The van der Waals surface area contributed by atoms with Crippen LogP contribution in [-0.2, 0) is 4.79 Å². The van der Waals surface area contributed by atoms with Crippen molar-refractivity contribution in [2.75, 3.05) is 19.0 Å². The molecule has 3 aromatic rings. The highest BCUT2D eigenvalue weighted by Crippen LogP contribution is 2.26. The van der Waals surface area contributed by atoms with Crippen LogP contribution < -0.4 is 14.8 Å². The summed E-state index contributed by atoms with van der Waals surface area (Å²) in [6.45, 7) is 5.95. The minimum atomic E-state index is -0.266. The summed E-state index contributed by atoms with van der Waals surface area (Å²) in [7, 11) is 1.56. The second-order valence-corrected chi connectivity index (χ2v) is 6.59. The monoisotopic (exact) mass is 381 g/mol. The molecule has 0 aliphatic carbocycles. The van der Waals surface area contributed by atoms with Gasteiger partial charge in [0, 0.05) is 5.69 Å². The highest BCUT2D eigenvalue weighted by atomic mass is 16.5. The Morgan fingerprint density at radius 3 is 2.54 bits per heavy atom. The van der Waals surface area contributed by atoms with Gasteiger partial charge in [-0.05, 0) is 59.2 Å². The highest BCUT2D eigenvalue weighted by molar-refractivity contribution is 5.92. The number of methoxy groups -OCH3 is 1. The van der Waals surface area contributed by atoms with E-state index < -0.39 is 0 Å². The highest BCUT2D eigenvalue weighted by Gasteiger charge is 2.12. The van der Waals surface area contributed by atoms with Gasteiger partial charge in [0.2, 0.25) is 0 Å². The average molecular weight is 381 g/mol. The summed E-state index contributed by atoms with van der Waals surface area (Å²) in [5.74, 6) is 2.03. The van der Waals surface area contributed by atoms with Crippen molar-refractivity contribution in [2.45, 2.75) is 26.7 Å². The molecule has 1 amide bonds.